The van der Waals surface area contributed by atoms with Crippen molar-refractivity contribution >= 4 is 70.8 Å². The molecule has 1 unspecified atom stereocenters. The summed E-state index contributed by atoms with van der Waals surface area (Å²) in [5.74, 6) is 0.282. The molecule has 1 aliphatic carbocycles. The lowest BCUT2D eigenvalue weighted by atomic mass is 9.86. The van der Waals surface area contributed by atoms with E-state index in [4.69, 9.17) is 0 Å². The fraction of sp³-hybridized carbons (Fsp3) is 0.0357. The van der Waals surface area contributed by atoms with E-state index in [2.05, 4.69) is 211 Å². The first-order valence-electron chi connectivity index (χ1n) is 20.2. The van der Waals surface area contributed by atoms with Gasteiger partial charge in [-0.1, -0.05) is 182 Å². The fourth-order valence-electron chi connectivity index (χ4n) is 9.79. The van der Waals surface area contributed by atoms with Gasteiger partial charge in [0.1, 0.15) is 0 Å². The first-order valence-corrected chi connectivity index (χ1v) is 21.0. The summed E-state index contributed by atoms with van der Waals surface area (Å²) >= 11 is 1.98. The molecule has 0 fully saturated rings. The van der Waals surface area contributed by atoms with Crippen LogP contribution < -0.4 is 0 Å². The molecule has 12 rings (SSSR count). The quantitative estimate of drug-likeness (QED) is 0.154. The van der Waals surface area contributed by atoms with Gasteiger partial charge in [0.2, 0.25) is 0 Å². The van der Waals surface area contributed by atoms with Gasteiger partial charge < -0.3 is 4.57 Å². The van der Waals surface area contributed by atoms with Crippen LogP contribution in [0.25, 0.3) is 98.6 Å². The molecule has 0 bridgehead atoms. The van der Waals surface area contributed by atoms with Crippen molar-refractivity contribution in [1.82, 2.24) is 4.57 Å². The van der Waals surface area contributed by atoms with Gasteiger partial charge in [-0.05, 0) is 96.7 Å². The summed E-state index contributed by atoms with van der Waals surface area (Å²) in [6, 6.07) is 71.7. The van der Waals surface area contributed by atoms with Gasteiger partial charge in [0.05, 0.1) is 11.0 Å². The molecule has 11 aromatic rings. The molecule has 9 aromatic carbocycles. The van der Waals surface area contributed by atoms with Crippen molar-refractivity contribution in [3.63, 3.8) is 0 Å². The number of rotatable bonds is 5. The molecule has 2 heterocycles. The van der Waals surface area contributed by atoms with Crippen LogP contribution in [-0.2, 0) is 0 Å². The molecule has 0 aliphatic heterocycles. The topological polar surface area (TPSA) is 4.93 Å². The van der Waals surface area contributed by atoms with Gasteiger partial charge in [0.15, 0.2) is 0 Å². The second kappa shape index (κ2) is 13.3. The van der Waals surface area contributed by atoms with Gasteiger partial charge in [0, 0.05) is 37.3 Å². The van der Waals surface area contributed by atoms with E-state index in [1.807, 2.05) is 11.3 Å². The van der Waals surface area contributed by atoms with Crippen LogP contribution in [0.2, 0.25) is 0 Å². The largest absolute Gasteiger partial charge is 0.309 e. The first-order chi connectivity index (χ1) is 28.8. The minimum Gasteiger partial charge on any atom is -0.309 e. The zero-order chi connectivity index (χ0) is 38.2. The molecule has 1 atom stereocenters. The van der Waals surface area contributed by atoms with Crippen molar-refractivity contribution in [2.24, 2.45) is 0 Å². The summed E-state index contributed by atoms with van der Waals surface area (Å²) in [6.07, 6.45) is 5.73. The molecular weight excluding hydrogens is 719 g/mol. The molecule has 0 N–H and O–H groups in total. The van der Waals surface area contributed by atoms with Gasteiger partial charge in [0.25, 0.3) is 0 Å². The highest BCUT2D eigenvalue weighted by Crippen LogP contribution is 2.48. The van der Waals surface area contributed by atoms with Gasteiger partial charge >= 0.3 is 0 Å². The number of nitrogens with zero attached hydrogens (tertiary/aromatic N) is 1. The summed E-state index contributed by atoms with van der Waals surface area (Å²) in [5.41, 5.74) is 14.0. The van der Waals surface area contributed by atoms with Crippen LogP contribution in [0.1, 0.15) is 28.3 Å². The Kier molecular flexibility index (Phi) is 7.61. The minimum absolute atomic E-state index is 0.282. The Labute approximate surface area is 341 Å². The lowest BCUT2D eigenvalue weighted by molar-refractivity contribution is 0.841. The Morgan fingerprint density at radius 2 is 1.00 bits per heavy atom. The van der Waals surface area contributed by atoms with Crippen LogP contribution in [0.3, 0.4) is 0 Å². The van der Waals surface area contributed by atoms with Crippen LogP contribution in [0.15, 0.2) is 200 Å². The standard InChI is InChI=1S/C56H37NS/c1-3-16-36(17-4-1)41-27-14-29-49-50-30-15-28-42(56(50)58-55(41)49)38-32-33-44-43-22-11-12-31-51(43)57(52(44)35-38)40-21-13-20-39(34-40)54-47-25-9-7-23-45(47)53(37-18-5-2-6-19-37)46-24-8-10-26-48(46)54/h1-27,29-35,42H,28H2. The lowest BCUT2D eigenvalue weighted by Crippen LogP contribution is -2.03. The van der Waals surface area contributed by atoms with Gasteiger partial charge in [-0.15, -0.1) is 11.3 Å². The summed E-state index contributed by atoms with van der Waals surface area (Å²) in [4.78, 5) is 1.46. The second-order valence-corrected chi connectivity index (χ2v) is 16.6. The summed E-state index contributed by atoms with van der Waals surface area (Å²) in [5, 5.41) is 8.98. The summed E-state index contributed by atoms with van der Waals surface area (Å²) in [7, 11) is 0. The van der Waals surface area contributed by atoms with E-state index in [0.29, 0.717) is 0 Å². The van der Waals surface area contributed by atoms with E-state index in [1.54, 1.807) is 0 Å². The highest BCUT2D eigenvalue weighted by molar-refractivity contribution is 7.20. The number of hydrogen-bond donors (Lipinski definition) is 0. The van der Waals surface area contributed by atoms with Gasteiger partial charge in [-0.3, -0.25) is 0 Å². The molecule has 1 nitrogen and oxygen atoms in total. The maximum atomic E-state index is 2.50. The summed E-state index contributed by atoms with van der Waals surface area (Å²) < 4.78 is 3.87. The number of thiophene rings is 1. The third kappa shape index (κ3) is 5.09. The monoisotopic (exact) mass is 755 g/mol. The Morgan fingerprint density at radius 1 is 0.431 bits per heavy atom. The Balaban J connectivity index is 1.05. The molecular formula is C56H37NS. The fourth-order valence-corrected chi connectivity index (χ4v) is 11.3. The van der Waals surface area contributed by atoms with Gasteiger partial charge in [-0.25, -0.2) is 0 Å². The Morgan fingerprint density at radius 3 is 1.72 bits per heavy atom. The molecule has 58 heavy (non-hydrogen) atoms. The Bertz CT molecular complexity index is 3360. The average molecular weight is 756 g/mol. The molecule has 2 heteroatoms. The molecule has 0 saturated heterocycles. The normalized spacial score (nSPS) is 13.9. The maximum absolute atomic E-state index is 2.50. The predicted molar refractivity (Wildman–Crippen MR) is 249 cm³/mol. The SMILES string of the molecule is C1=Cc2c(sc3c(-c4ccccc4)cccc23)C(c2ccc3c4ccccc4n(-c4cccc(-c5c6ccccc6c(-c6ccccc6)c6ccccc56)c4)c3c2)C1. The van der Waals surface area contributed by atoms with E-state index < -0.39 is 0 Å². The predicted octanol–water partition coefficient (Wildman–Crippen LogP) is 15.9. The van der Waals surface area contributed by atoms with Crippen molar-refractivity contribution in [3.05, 3.63) is 216 Å². The number of allylic oxidation sites excluding steroid dienone is 1. The summed E-state index contributed by atoms with van der Waals surface area (Å²) in [6.45, 7) is 0. The average Bonchev–Trinajstić information content (AvgIpc) is 3.84. The van der Waals surface area contributed by atoms with Crippen LogP contribution in [0, 0.1) is 0 Å². The van der Waals surface area contributed by atoms with Crippen LogP contribution in [-0.4, -0.2) is 4.57 Å². The molecule has 0 saturated carbocycles. The van der Waals surface area contributed by atoms with Crippen molar-refractivity contribution < 1.29 is 0 Å². The van der Waals surface area contributed by atoms with Crippen molar-refractivity contribution in [3.8, 4) is 39.1 Å². The first kappa shape index (κ1) is 33.2. The molecule has 2 aromatic heterocycles. The number of benzene rings is 9. The van der Waals surface area contributed by atoms with Crippen molar-refractivity contribution in [2.45, 2.75) is 12.3 Å². The minimum atomic E-state index is 0.282. The second-order valence-electron chi connectivity index (χ2n) is 15.5. The maximum Gasteiger partial charge on any atom is 0.0544 e. The zero-order valence-corrected chi connectivity index (χ0v) is 32.6. The van der Waals surface area contributed by atoms with E-state index in [0.717, 1.165) is 6.42 Å². The van der Waals surface area contributed by atoms with Crippen LogP contribution in [0.5, 0.6) is 0 Å². The zero-order valence-electron chi connectivity index (χ0n) is 31.8. The molecule has 272 valence electrons. The van der Waals surface area contributed by atoms with Crippen molar-refractivity contribution in [1.29, 1.82) is 0 Å². The highest BCUT2D eigenvalue weighted by atomic mass is 32.1. The third-order valence-electron chi connectivity index (χ3n) is 12.3. The number of aromatic nitrogens is 1. The van der Waals surface area contributed by atoms with E-state index in [9.17, 15) is 0 Å². The van der Waals surface area contributed by atoms with Crippen molar-refractivity contribution in [2.75, 3.05) is 0 Å². The smallest absolute Gasteiger partial charge is 0.0544 e. The van der Waals surface area contributed by atoms with Crippen LogP contribution >= 0.6 is 11.3 Å². The van der Waals surface area contributed by atoms with E-state index in [1.165, 1.54) is 109 Å². The van der Waals surface area contributed by atoms with E-state index in [-0.39, 0.29) is 5.92 Å². The van der Waals surface area contributed by atoms with Gasteiger partial charge in [-0.2, -0.15) is 0 Å². The number of para-hydroxylation sites is 1. The number of hydrogen-bond acceptors (Lipinski definition) is 1. The highest BCUT2D eigenvalue weighted by Gasteiger charge is 2.26. The molecule has 0 spiro atoms. The van der Waals surface area contributed by atoms with E-state index >= 15 is 0 Å². The Hall–Kier alpha value is -7.00. The molecule has 1 aliphatic rings. The lowest BCUT2D eigenvalue weighted by Gasteiger charge is -2.20. The number of fused-ring (bicyclic) bond motifs is 8. The molecule has 0 radical (unpaired) electrons. The third-order valence-corrected chi connectivity index (χ3v) is 13.7. The molecule has 0 amide bonds. The van der Waals surface area contributed by atoms with Crippen LogP contribution in [0.4, 0.5) is 0 Å².